The molecule has 1 aliphatic rings. The summed E-state index contributed by atoms with van der Waals surface area (Å²) < 4.78 is 0. The van der Waals surface area contributed by atoms with E-state index in [0.29, 0.717) is 18.1 Å². The highest BCUT2D eigenvalue weighted by Crippen LogP contribution is 2.27. The average molecular weight is 289 g/mol. The Kier molecular flexibility index (Phi) is 5.65. The van der Waals surface area contributed by atoms with Gasteiger partial charge in [-0.25, -0.2) is 0 Å². The van der Waals surface area contributed by atoms with Crippen LogP contribution in [0.1, 0.15) is 45.2 Å². The second-order valence-electron chi connectivity index (χ2n) is 6.43. The van der Waals surface area contributed by atoms with Crippen molar-refractivity contribution < 1.29 is 0 Å². The fourth-order valence-electron chi connectivity index (χ4n) is 3.26. The summed E-state index contributed by atoms with van der Waals surface area (Å²) in [6.07, 6.45) is 2.42. The molecule has 2 rings (SSSR count). The van der Waals surface area contributed by atoms with Crippen molar-refractivity contribution in [3.05, 3.63) is 29.8 Å². The summed E-state index contributed by atoms with van der Waals surface area (Å²) in [7, 11) is 4.18. The van der Waals surface area contributed by atoms with Gasteiger partial charge in [0.1, 0.15) is 0 Å². The van der Waals surface area contributed by atoms with E-state index in [2.05, 4.69) is 74.2 Å². The van der Waals surface area contributed by atoms with Crippen LogP contribution < -0.4 is 10.2 Å². The van der Waals surface area contributed by atoms with Gasteiger partial charge < -0.3 is 10.2 Å². The van der Waals surface area contributed by atoms with Crippen molar-refractivity contribution in [3.8, 4) is 0 Å². The zero-order valence-electron chi connectivity index (χ0n) is 14.3. The Morgan fingerprint density at radius 2 is 1.86 bits per heavy atom. The number of piperazine rings is 1. The third-order valence-corrected chi connectivity index (χ3v) is 4.90. The fraction of sp³-hybridized carbons (Fsp3) is 0.667. The minimum Gasteiger partial charge on any atom is -0.378 e. The van der Waals surface area contributed by atoms with Gasteiger partial charge in [0.2, 0.25) is 0 Å². The fourth-order valence-corrected chi connectivity index (χ4v) is 3.26. The smallest absolute Gasteiger partial charge is 0.0361 e. The molecule has 0 aliphatic carbocycles. The Morgan fingerprint density at radius 3 is 2.38 bits per heavy atom. The van der Waals surface area contributed by atoms with E-state index in [4.69, 9.17) is 0 Å². The Balaban J connectivity index is 2.13. The zero-order chi connectivity index (χ0) is 15.4. The van der Waals surface area contributed by atoms with Gasteiger partial charge >= 0.3 is 0 Å². The normalized spacial score (nSPS) is 24.8. The molecule has 1 aromatic carbocycles. The molecular weight excluding hydrogens is 258 g/mol. The van der Waals surface area contributed by atoms with Crippen LogP contribution in [0.15, 0.2) is 24.3 Å². The van der Waals surface area contributed by atoms with E-state index in [1.807, 2.05) is 0 Å². The molecule has 3 atom stereocenters. The molecule has 1 aliphatic heterocycles. The molecule has 0 bridgehead atoms. The van der Waals surface area contributed by atoms with Gasteiger partial charge in [0.15, 0.2) is 0 Å². The molecule has 0 saturated carbocycles. The lowest BCUT2D eigenvalue weighted by Gasteiger charge is -2.43. The van der Waals surface area contributed by atoms with Crippen LogP contribution in [0.3, 0.4) is 0 Å². The highest BCUT2D eigenvalue weighted by molar-refractivity contribution is 5.46. The first kappa shape index (κ1) is 16.3. The third kappa shape index (κ3) is 3.78. The molecule has 3 heteroatoms. The van der Waals surface area contributed by atoms with E-state index < -0.39 is 0 Å². The zero-order valence-corrected chi connectivity index (χ0v) is 14.3. The molecule has 0 spiro atoms. The van der Waals surface area contributed by atoms with Crippen LogP contribution in [-0.2, 0) is 0 Å². The Hall–Kier alpha value is -1.06. The van der Waals surface area contributed by atoms with Crippen LogP contribution in [0, 0.1) is 0 Å². The minimum atomic E-state index is 0.488. The molecule has 1 heterocycles. The van der Waals surface area contributed by atoms with Crippen LogP contribution in [0.5, 0.6) is 0 Å². The molecule has 21 heavy (non-hydrogen) atoms. The topological polar surface area (TPSA) is 18.5 Å². The minimum absolute atomic E-state index is 0.488. The van der Waals surface area contributed by atoms with Gasteiger partial charge in [-0.2, -0.15) is 0 Å². The first-order chi connectivity index (χ1) is 10.1. The van der Waals surface area contributed by atoms with Crippen molar-refractivity contribution in [1.82, 2.24) is 10.2 Å². The number of anilines is 1. The molecule has 1 saturated heterocycles. The molecule has 1 fully saturated rings. The van der Waals surface area contributed by atoms with E-state index in [1.54, 1.807) is 0 Å². The SMILES string of the molecule is CCC1CN(C(C)c2ccc(N(C)C)cc2)C(CC)CN1. The van der Waals surface area contributed by atoms with Gasteiger partial charge in [0.25, 0.3) is 0 Å². The molecule has 1 aromatic rings. The summed E-state index contributed by atoms with van der Waals surface area (Å²) in [5, 5.41) is 3.68. The Labute approximate surface area is 130 Å². The summed E-state index contributed by atoms with van der Waals surface area (Å²) in [6.45, 7) is 9.21. The maximum atomic E-state index is 3.68. The lowest BCUT2D eigenvalue weighted by Crippen LogP contribution is -2.56. The van der Waals surface area contributed by atoms with E-state index in [0.717, 1.165) is 13.1 Å². The predicted octanol–water partition coefficient (Wildman–Crippen LogP) is 3.28. The number of benzene rings is 1. The predicted molar refractivity (Wildman–Crippen MR) is 92.1 cm³/mol. The second-order valence-corrected chi connectivity index (χ2v) is 6.43. The highest BCUT2D eigenvalue weighted by Gasteiger charge is 2.29. The molecular formula is C18H31N3. The lowest BCUT2D eigenvalue weighted by molar-refractivity contribution is 0.0850. The van der Waals surface area contributed by atoms with Crippen molar-refractivity contribution in [2.75, 3.05) is 32.1 Å². The van der Waals surface area contributed by atoms with Crippen molar-refractivity contribution in [1.29, 1.82) is 0 Å². The van der Waals surface area contributed by atoms with Gasteiger partial charge in [-0.3, -0.25) is 4.90 Å². The van der Waals surface area contributed by atoms with Gasteiger partial charge in [-0.1, -0.05) is 26.0 Å². The van der Waals surface area contributed by atoms with Crippen LogP contribution in [0.25, 0.3) is 0 Å². The largest absolute Gasteiger partial charge is 0.378 e. The van der Waals surface area contributed by atoms with Crippen molar-refractivity contribution >= 4 is 5.69 Å². The number of nitrogens with one attached hydrogen (secondary N) is 1. The number of rotatable bonds is 5. The summed E-state index contributed by atoms with van der Waals surface area (Å²) in [4.78, 5) is 4.84. The van der Waals surface area contributed by atoms with E-state index >= 15 is 0 Å². The highest BCUT2D eigenvalue weighted by atomic mass is 15.2. The lowest BCUT2D eigenvalue weighted by atomic mass is 9.98. The summed E-state index contributed by atoms with van der Waals surface area (Å²) in [5.74, 6) is 0. The maximum absolute atomic E-state index is 3.68. The molecule has 0 amide bonds. The summed E-state index contributed by atoms with van der Waals surface area (Å²) in [6, 6.07) is 10.8. The van der Waals surface area contributed by atoms with Crippen molar-refractivity contribution in [3.63, 3.8) is 0 Å². The van der Waals surface area contributed by atoms with Crippen LogP contribution in [0.2, 0.25) is 0 Å². The number of hydrogen-bond donors (Lipinski definition) is 1. The van der Waals surface area contributed by atoms with Crippen molar-refractivity contribution in [2.24, 2.45) is 0 Å². The number of hydrogen-bond acceptors (Lipinski definition) is 3. The van der Waals surface area contributed by atoms with Gasteiger partial charge in [-0.15, -0.1) is 0 Å². The molecule has 118 valence electrons. The van der Waals surface area contributed by atoms with Gasteiger partial charge in [0, 0.05) is 51.0 Å². The Bertz CT molecular complexity index is 427. The van der Waals surface area contributed by atoms with E-state index in [1.165, 1.54) is 24.1 Å². The van der Waals surface area contributed by atoms with Crippen molar-refractivity contribution in [2.45, 2.75) is 51.7 Å². The van der Waals surface area contributed by atoms with E-state index in [-0.39, 0.29) is 0 Å². The quantitative estimate of drug-likeness (QED) is 0.897. The van der Waals surface area contributed by atoms with Gasteiger partial charge in [-0.05, 0) is 37.5 Å². The molecule has 0 radical (unpaired) electrons. The molecule has 3 unspecified atom stereocenters. The van der Waals surface area contributed by atoms with Gasteiger partial charge in [0.05, 0.1) is 0 Å². The first-order valence-electron chi connectivity index (χ1n) is 8.33. The molecule has 0 aromatic heterocycles. The molecule has 3 nitrogen and oxygen atoms in total. The van der Waals surface area contributed by atoms with Crippen LogP contribution >= 0.6 is 0 Å². The summed E-state index contributed by atoms with van der Waals surface area (Å²) in [5.41, 5.74) is 2.69. The van der Waals surface area contributed by atoms with Crippen LogP contribution in [0.4, 0.5) is 5.69 Å². The standard InChI is InChI=1S/C18H31N3/c1-6-16-13-21(17(7-2)12-19-16)14(3)15-8-10-18(11-9-15)20(4)5/h8-11,14,16-17,19H,6-7,12-13H2,1-5H3. The second kappa shape index (κ2) is 7.28. The number of nitrogens with zero attached hydrogens (tertiary/aromatic N) is 2. The first-order valence-corrected chi connectivity index (χ1v) is 8.33. The third-order valence-electron chi connectivity index (χ3n) is 4.90. The monoisotopic (exact) mass is 289 g/mol. The Morgan fingerprint density at radius 1 is 1.19 bits per heavy atom. The summed E-state index contributed by atoms with van der Waals surface area (Å²) >= 11 is 0. The maximum Gasteiger partial charge on any atom is 0.0361 e. The average Bonchev–Trinajstić information content (AvgIpc) is 2.53. The van der Waals surface area contributed by atoms with E-state index in [9.17, 15) is 0 Å². The molecule has 1 N–H and O–H groups in total. The van der Waals surface area contributed by atoms with Crippen LogP contribution in [-0.4, -0.2) is 44.2 Å².